The van der Waals surface area contributed by atoms with Crippen LogP contribution in [0.4, 0.5) is 0 Å². The molecule has 2 atom stereocenters. The summed E-state index contributed by atoms with van der Waals surface area (Å²) in [5.41, 5.74) is 0. The number of ether oxygens (including phenoxy) is 1. The van der Waals surface area contributed by atoms with Gasteiger partial charge in [-0.05, 0) is 31.6 Å². The average molecular weight is 306 g/mol. The first kappa shape index (κ1) is 16.2. The zero-order valence-electron chi connectivity index (χ0n) is 12.2. The molecule has 2 unspecified atom stereocenters. The van der Waals surface area contributed by atoms with Crippen LogP contribution in [0.25, 0.3) is 0 Å². The molecule has 20 heavy (non-hydrogen) atoms. The molecule has 7 heteroatoms. The van der Waals surface area contributed by atoms with Gasteiger partial charge in [0.05, 0.1) is 13.2 Å². The van der Waals surface area contributed by atoms with Crippen molar-refractivity contribution in [1.29, 1.82) is 0 Å². The van der Waals surface area contributed by atoms with Gasteiger partial charge in [-0.25, -0.2) is 0 Å². The van der Waals surface area contributed by atoms with Crippen molar-refractivity contribution in [3.8, 4) is 0 Å². The fourth-order valence-electron chi connectivity index (χ4n) is 3.22. The van der Waals surface area contributed by atoms with Crippen LogP contribution in [0.3, 0.4) is 0 Å². The number of hydrogen-bond donors (Lipinski definition) is 1. The van der Waals surface area contributed by atoms with Crippen molar-refractivity contribution >= 4 is 10.2 Å². The number of methoxy groups -OCH3 is 1. The quantitative estimate of drug-likeness (QED) is 0.800. The zero-order valence-corrected chi connectivity index (χ0v) is 13.0. The molecule has 2 aliphatic heterocycles. The van der Waals surface area contributed by atoms with E-state index in [9.17, 15) is 13.5 Å². The van der Waals surface area contributed by atoms with E-state index in [1.54, 1.807) is 11.4 Å². The first-order valence-corrected chi connectivity index (χ1v) is 8.86. The van der Waals surface area contributed by atoms with Crippen molar-refractivity contribution in [2.45, 2.75) is 38.1 Å². The van der Waals surface area contributed by atoms with Gasteiger partial charge >= 0.3 is 0 Å². The monoisotopic (exact) mass is 306 g/mol. The van der Waals surface area contributed by atoms with Gasteiger partial charge in [-0.1, -0.05) is 6.42 Å². The van der Waals surface area contributed by atoms with Gasteiger partial charge in [0.15, 0.2) is 0 Å². The fourth-order valence-corrected chi connectivity index (χ4v) is 5.18. The molecule has 2 aliphatic rings. The molecule has 0 bridgehead atoms. The van der Waals surface area contributed by atoms with E-state index in [4.69, 9.17) is 4.74 Å². The third-order valence-electron chi connectivity index (χ3n) is 4.29. The molecule has 0 aromatic heterocycles. The second-order valence-electron chi connectivity index (χ2n) is 5.77. The predicted octanol–water partition coefficient (Wildman–Crippen LogP) is 0.436. The minimum atomic E-state index is -3.45. The summed E-state index contributed by atoms with van der Waals surface area (Å²) in [5.74, 6) is 0.279. The van der Waals surface area contributed by atoms with Crippen molar-refractivity contribution in [3.63, 3.8) is 0 Å². The summed E-state index contributed by atoms with van der Waals surface area (Å²) in [6, 6.07) is -0.253. The Labute approximate surface area is 121 Å². The van der Waals surface area contributed by atoms with E-state index in [0.717, 1.165) is 32.1 Å². The molecule has 0 radical (unpaired) electrons. The molecule has 2 heterocycles. The van der Waals surface area contributed by atoms with E-state index in [2.05, 4.69) is 0 Å². The van der Waals surface area contributed by atoms with Crippen LogP contribution in [0.15, 0.2) is 0 Å². The summed E-state index contributed by atoms with van der Waals surface area (Å²) >= 11 is 0. The highest BCUT2D eigenvalue weighted by Crippen LogP contribution is 2.26. The van der Waals surface area contributed by atoms with Crippen LogP contribution in [-0.4, -0.2) is 68.1 Å². The molecule has 0 aromatic carbocycles. The molecule has 0 aromatic rings. The molecule has 2 saturated heterocycles. The van der Waals surface area contributed by atoms with Gasteiger partial charge in [0.1, 0.15) is 0 Å². The average Bonchev–Trinajstić information content (AvgIpc) is 2.48. The van der Waals surface area contributed by atoms with Gasteiger partial charge in [-0.2, -0.15) is 17.0 Å². The Morgan fingerprint density at radius 2 is 2.00 bits per heavy atom. The molecule has 0 saturated carbocycles. The molecule has 0 spiro atoms. The molecule has 2 fully saturated rings. The van der Waals surface area contributed by atoms with Crippen molar-refractivity contribution in [2.75, 3.05) is 40.0 Å². The number of rotatable bonds is 5. The molecule has 118 valence electrons. The topological polar surface area (TPSA) is 70.1 Å². The highest BCUT2D eigenvalue weighted by molar-refractivity contribution is 7.86. The van der Waals surface area contributed by atoms with Crippen LogP contribution in [-0.2, 0) is 14.9 Å². The number of aliphatic hydroxyl groups excluding tert-OH is 1. The van der Waals surface area contributed by atoms with Crippen molar-refractivity contribution in [2.24, 2.45) is 5.92 Å². The molecular formula is C13H26N2O4S. The highest BCUT2D eigenvalue weighted by atomic mass is 32.2. The number of piperidine rings is 2. The Bertz CT molecular complexity index is 399. The maximum atomic E-state index is 12.8. The third kappa shape index (κ3) is 3.51. The van der Waals surface area contributed by atoms with Crippen molar-refractivity contribution in [1.82, 2.24) is 8.61 Å². The Morgan fingerprint density at radius 1 is 1.20 bits per heavy atom. The summed E-state index contributed by atoms with van der Waals surface area (Å²) in [5, 5.41) is 9.41. The first-order chi connectivity index (χ1) is 9.59. The zero-order chi connectivity index (χ0) is 14.6. The Kier molecular flexibility index (Phi) is 5.80. The molecule has 2 rings (SSSR count). The third-order valence-corrected chi connectivity index (χ3v) is 6.35. The second kappa shape index (κ2) is 7.17. The Morgan fingerprint density at radius 3 is 2.70 bits per heavy atom. The fraction of sp³-hybridized carbons (Fsp3) is 1.00. The first-order valence-electron chi connectivity index (χ1n) is 7.46. The van der Waals surface area contributed by atoms with Crippen molar-refractivity contribution in [3.05, 3.63) is 0 Å². The minimum Gasteiger partial charge on any atom is -0.395 e. The van der Waals surface area contributed by atoms with Crippen LogP contribution in [0.1, 0.15) is 32.1 Å². The van der Waals surface area contributed by atoms with Gasteiger partial charge in [0, 0.05) is 32.8 Å². The predicted molar refractivity (Wildman–Crippen MR) is 76.5 cm³/mol. The molecular weight excluding hydrogens is 280 g/mol. The summed E-state index contributed by atoms with van der Waals surface area (Å²) < 4.78 is 33.8. The van der Waals surface area contributed by atoms with Crippen molar-refractivity contribution < 1.29 is 18.3 Å². The smallest absolute Gasteiger partial charge is 0.282 e. The van der Waals surface area contributed by atoms with E-state index in [-0.39, 0.29) is 18.6 Å². The maximum Gasteiger partial charge on any atom is 0.282 e. The normalized spacial score (nSPS) is 30.5. The van der Waals surface area contributed by atoms with Crippen LogP contribution >= 0.6 is 0 Å². The molecule has 1 N–H and O–H groups in total. The van der Waals surface area contributed by atoms with Crippen LogP contribution < -0.4 is 0 Å². The maximum absolute atomic E-state index is 12.8. The van der Waals surface area contributed by atoms with Gasteiger partial charge in [-0.15, -0.1) is 0 Å². The summed E-state index contributed by atoms with van der Waals surface area (Å²) in [7, 11) is -1.79. The standard InChI is InChI=1S/C13H26N2O4S/c1-19-11-12-5-4-7-14(9-12)20(17,18)15-8-3-2-6-13(15)10-16/h12-13,16H,2-11H2,1H3. The highest BCUT2D eigenvalue weighted by Gasteiger charge is 2.38. The van der Waals surface area contributed by atoms with Gasteiger partial charge in [0.25, 0.3) is 10.2 Å². The SMILES string of the molecule is COCC1CCCN(S(=O)(=O)N2CCCCC2CO)C1. The van der Waals surface area contributed by atoms with Gasteiger partial charge in [0.2, 0.25) is 0 Å². The second-order valence-corrected chi connectivity index (χ2v) is 7.65. The molecule has 6 nitrogen and oxygen atoms in total. The van der Waals surface area contributed by atoms with E-state index < -0.39 is 10.2 Å². The van der Waals surface area contributed by atoms with E-state index in [0.29, 0.717) is 26.2 Å². The van der Waals surface area contributed by atoms with Gasteiger partial charge in [-0.3, -0.25) is 0 Å². The lowest BCUT2D eigenvalue weighted by atomic mass is 10.0. The Hall–Kier alpha value is -0.210. The largest absolute Gasteiger partial charge is 0.395 e. The Balaban J connectivity index is 2.08. The number of aliphatic hydroxyl groups is 1. The summed E-state index contributed by atoms with van der Waals surface area (Å²) in [6.45, 7) is 2.16. The summed E-state index contributed by atoms with van der Waals surface area (Å²) in [4.78, 5) is 0. The van der Waals surface area contributed by atoms with E-state index in [1.807, 2.05) is 0 Å². The molecule has 0 amide bonds. The number of hydrogen-bond acceptors (Lipinski definition) is 4. The van der Waals surface area contributed by atoms with Crippen LogP contribution in [0, 0.1) is 5.92 Å². The van der Waals surface area contributed by atoms with Crippen LogP contribution in [0.2, 0.25) is 0 Å². The van der Waals surface area contributed by atoms with E-state index in [1.165, 1.54) is 4.31 Å². The van der Waals surface area contributed by atoms with E-state index >= 15 is 0 Å². The summed E-state index contributed by atoms with van der Waals surface area (Å²) in [6.07, 6.45) is 4.52. The lowest BCUT2D eigenvalue weighted by Gasteiger charge is -2.39. The van der Waals surface area contributed by atoms with Gasteiger partial charge < -0.3 is 9.84 Å². The minimum absolute atomic E-state index is 0.0887. The lowest BCUT2D eigenvalue weighted by molar-refractivity contribution is 0.109. The van der Waals surface area contributed by atoms with Crippen LogP contribution in [0.5, 0.6) is 0 Å². The number of nitrogens with zero attached hydrogens (tertiary/aromatic N) is 2. The molecule has 0 aliphatic carbocycles. The lowest BCUT2D eigenvalue weighted by Crippen LogP contribution is -2.54.